The van der Waals surface area contributed by atoms with Gasteiger partial charge in [-0.15, -0.1) is 16.4 Å². The molecular formula is C20H22N4OS2. The molecule has 1 N–H and O–H groups in total. The summed E-state index contributed by atoms with van der Waals surface area (Å²) < 4.78 is 0. The van der Waals surface area contributed by atoms with Crippen molar-refractivity contribution < 1.29 is 4.79 Å². The number of H-pyrrole nitrogens is 1. The van der Waals surface area contributed by atoms with E-state index in [4.69, 9.17) is 0 Å². The topological polar surface area (TPSA) is 61.9 Å². The monoisotopic (exact) mass is 398 g/mol. The van der Waals surface area contributed by atoms with Crippen LogP contribution in [0, 0.1) is 0 Å². The Hall–Kier alpha value is -2.12. The average molecular weight is 399 g/mol. The highest BCUT2D eigenvalue weighted by Crippen LogP contribution is 2.29. The molecule has 1 aliphatic carbocycles. The van der Waals surface area contributed by atoms with Gasteiger partial charge in [0.1, 0.15) is 0 Å². The normalized spacial score (nSPS) is 15.0. The second kappa shape index (κ2) is 8.71. The quantitative estimate of drug-likeness (QED) is 0.594. The average Bonchev–Trinajstić information content (AvgIpc) is 3.40. The minimum atomic E-state index is 0.126. The van der Waals surface area contributed by atoms with Crippen molar-refractivity contribution in [3.8, 4) is 10.7 Å². The Balaban J connectivity index is 1.45. The number of thioether (sulfide) groups is 1. The Labute approximate surface area is 167 Å². The Morgan fingerprint density at radius 3 is 2.70 bits per heavy atom. The Morgan fingerprint density at radius 2 is 1.96 bits per heavy atom. The molecule has 0 bridgehead atoms. The minimum Gasteiger partial charge on any atom is -0.309 e. The van der Waals surface area contributed by atoms with Crippen LogP contribution in [0.25, 0.3) is 10.7 Å². The largest absolute Gasteiger partial charge is 0.309 e. The second-order valence-corrected chi connectivity index (χ2v) is 8.51. The number of carbonyl (C=O) groups is 1. The first-order valence-electron chi connectivity index (χ1n) is 9.27. The van der Waals surface area contributed by atoms with Crippen LogP contribution in [0.2, 0.25) is 0 Å². The molecular weight excluding hydrogens is 376 g/mol. The molecule has 140 valence electrons. The van der Waals surface area contributed by atoms with Gasteiger partial charge < -0.3 is 4.90 Å². The summed E-state index contributed by atoms with van der Waals surface area (Å²) in [4.78, 5) is 20.6. The first-order valence-corrected chi connectivity index (χ1v) is 11.1. The van der Waals surface area contributed by atoms with Gasteiger partial charge in [0.2, 0.25) is 11.1 Å². The summed E-state index contributed by atoms with van der Waals surface area (Å²) in [5, 5.41) is 9.84. The van der Waals surface area contributed by atoms with Crippen LogP contribution < -0.4 is 4.90 Å². The van der Waals surface area contributed by atoms with Gasteiger partial charge in [-0.1, -0.05) is 55.3 Å². The van der Waals surface area contributed by atoms with Crippen molar-refractivity contribution in [1.29, 1.82) is 0 Å². The van der Waals surface area contributed by atoms with Crippen LogP contribution in [-0.4, -0.2) is 32.9 Å². The number of carbonyl (C=O) groups excluding carboxylic acids is 1. The van der Waals surface area contributed by atoms with E-state index in [2.05, 4.69) is 15.2 Å². The van der Waals surface area contributed by atoms with Crippen molar-refractivity contribution in [3.63, 3.8) is 0 Å². The molecule has 27 heavy (non-hydrogen) atoms. The number of nitrogens with one attached hydrogen (secondary N) is 1. The first kappa shape index (κ1) is 18.3. The van der Waals surface area contributed by atoms with E-state index in [0.29, 0.717) is 17.0 Å². The number of thiophene rings is 1. The highest BCUT2D eigenvalue weighted by Gasteiger charge is 2.27. The molecule has 1 fully saturated rings. The summed E-state index contributed by atoms with van der Waals surface area (Å²) in [7, 11) is 0. The Morgan fingerprint density at radius 1 is 1.15 bits per heavy atom. The van der Waals surface area contributed by atoms with Gasteiger partial charge in [-0.2, -0.15) is 0 Å². The van der Waals surface area contributed by atoms with Crippen LogP contribution in [0.1, 0.15) is 32.1 Å². The molecule has 0 saturated heterocycles. The number of aromatic amines is 1. The Kier molecular flexibility index (Phi) is 5.89. The number of aromatic nitrogens is 3. The third-order valence-electron chi connectivity index (χ3n) is 4.79. The number of hydrogen-bond donors (Lipinski definition) is 1. The van der Waals surface area contributed by atoms with Gasteiger partial charge in [-0.25, -0.2) is 4.98 Å². The van der Waals surface area contributed by atoms with E-state index >= 15 is 0 Å². The molecule has 3 aromatic rings. The van der Waals surface area contributed by atoms with Gasteiger partial charge in [-0.3, -0.25) is 9.89 Å². The first-order chi connectivity index (χ1) is 13.3. The van der Waals surface area contributed by atoms with Gasteiger partial charge in [-0.05, 0) is 36.4 Å². The van der Waals surface area contributed by atoms with Crippen LogP contribution in [0.5, 0.6) is 0 Å². The maximum Gasteiger partial charge on any atom is 0.237 e. The summed E-state index contributed by atoms with van der Waals surface area (Å²) in [6.07, 6.45) is 5.81. The number of rotatable bonds is 6. The lowest BCUT2D eigenvalue weighted by Crippen LogP contribution is -2.42. The van der Waals surface area contributed by atoms with Crippen molar-refractivity contribution >= 4 is 34.7 Å². The van der Waals surface area contributed by atoms with Crippen LogP contribution >= 0.6 is 23.1 Å². The third kappa shape index (κ3) is 4.42. The number of nitrogens with zero attached hydrogens (tertiary/aromatic N) is 3. The molecule has 1 aliphatic rings. The van der Waals surface area contributed by atoms with E-state index in [9.17, 15) is 4.79 Å². The second-order valence-electron chi connectivity index (χ2n) is 6.62. The van der Waals surface area contributed by atoms with Crippen molar-refractivity contribution in [2.24, 2.45) is 0 Å². The standard InChI is InChI=1S/C20H22N4OS2/c25-18(14-27-20-21-19(22-23-20)17-12-7-13-26-17)24(15-8-3-1-4-9-15)16-10-5-2-6-11-16/h1,3-4,7-9,12-13,16H,2,5-6,10-11,14H2,(H,21,22,23). The molecule has 4 rings (SSSR count). The molecule has 7 heteroatoms. The highest BCUT2D eigenvalue weighted by molar-refractivity contribution is 7.99. The van der Waals surface area contributed by atoms with Crippen molar-refractivity contribution in [1.82, 2.24) is 15.2 Å². The van der Waals surface area contributed by atoms with Gasteiger partial charge in [0.05, 0.1) is 10.6 Å². The lowest BCUT2D eigenvalue weighted by Gasteiger charge is -2.34. The van der Waals surface area contributed by atoms with Crippen molar-refractivity contribution in [3.05, 3.63) is 47.8 Å². The molecule has 5 nitrogen and oxygen atoms in total. The number of benzene rings is 1. The molecule has 1 amide bonds. The zero-order valence-electron chi connectivity index (χ0n) is 15.0. The van der Waals surface area contributed by atoms with Gasteiger partial charge in [0.15, 0.2) is 5.82 Å². The number of hydrogen-bond acceptors (Lipinski definition) is 5. The number of amides is 1. The molecule has 1 saturated carbocycles. The molecule has 0 aliphatic heterocycles. The van der Waals surface area contributed by atoms with Crippen molar-refractivity contribution in [2.75, 3.05) is 10.7 Å². The van der Waals surface area contributed by atoms with Gasteiger partial charge in [0.25, 0.3) is 0 Å². The van der Waals surface area contributed by atoms with Crippen molar-refractivity contribution in [2.45, 2.75) is 43.3 Å². The predicted octanol–water partition coefficient (Wildman–Crippen LogP) is 4.99. The lowest BCUT2D eigenvalue weighted by molar-refractivity contribution is -0.116. The van der Waals surface area contributed by atoms with E-state index in [1.165, 1.54) is 31.0 Å². The molecule has 1 aromatic carbocycles. The van der Waals surface area contributed by atoms with Gasteiger partial charge in [0, 0.05) is 11.7 Å². The summed E-state index contributed by atoms with van der Waals surface area (Å²) in [6, 6.07) is 14.3. The predicted molar refractivity (Wildman–Crippen MR) is 111 cm³/mol. The third-order valence-corrected chi connectivity index (χ3v) is 6.50. The molecule has 0 radical (unpaired) electrons. The van der Waals surface area contributed by atoms with Gasteiger partial charge >= 0.3 is 0 Å². The summed E-state index contributed by atoms with van der Waals surface area (Å²) in [5.74, 6) is 1.22. The number of anilines is 1. The maximum atomic E-state index is 13.1. The highest BCUT2D eigenvalue weighted by atomic mass is 32.2. The van der Waals surface area contributed by atoms with Crippen LogP contribution in [0.3, 0.4) is 0 Å². The van der Waals surface area contributed by atoms with E-state index < -0.39 is 0 Å². The maximum absolute atomic E-state index is 13.1. The van der Waals surface area contributed by atoms with E-state index in [1.807, 2.05) is 52.7 Å². The number of para-hydroxylation sites is 1. The summed E-state index contributed by atoms with van der Waals surface area (Å²) >= 11 is 3.01. The minimum absolute atomic E-state index is 0.126. The molecule has 0 unspecified atom stereocenters. The molecule has 2 aromatic heterocycles. The van der Waals surface area contributed by atoms with E-state index in [0.717, 1.165) is 29.2 Å². The SMILES string of the molecule is O=C(CSc1n[nH]c(-c2cccs2)n1)N(c1ccccc1)C1CCCCC1. The fourth-order valence-electron chi connectivity index (χ4n) is 3.52. The van der Waals surface area contributed by atoms with Crippen LogP contribution in [0.4, 0.5) is 5.69 Å². The van der Waals surface area contributed by atoms with Crippen LogP contribution in [-0.2, 0) is 4.79 Å². The lowest BCUT2D eigenvalue weighted by atomic mass is 9.93. The summed E-state index contributed by atoms with van der Waals surface area (Å²) in [6.45, 7) is 0. The zero-order chi connectivity index (χ0) is 18.5. The Bertz CT molecular complexity index is 857. The van der Waals surface area contributed by atoms with Crippen LogP contribution in [0.15, 0.2) is 53.0 Å². The smallest absolute Gasteiger partial charge is 0.237 e. The fourth-order valence-corrected chi connectivity index (χ4v) is 4.84. The fraction of sp³-hybridized carbons (Fsp3) is 0.350. The van der Waals surface area contributed by atoms with E-state index in [-0.39, 0.29) is 5.91 Å². The molecule has 0 atom stereocenters. The molecule has 2 heterocycles. The molecule has 0 spiro atoms. The summed E-state index contributed by atoms with van der Waals surface area (Å²) in [5.41, 5.74) is 0.990. The van der Waals surface area contributed by atoms with E-state index in [1.54, 1.807) is 11.3 Å². The zero-order valence-corrected chi connectivity index (χ0v) is 16.6.